The Hall–Kier alpha value is -1.32. The second-order valence-electron chi connectivity index (χ2n) is 3.35. The molecule has 1 aromatic heterocycles. The maximum atomic E-state index is 12.5. The number of nitrogens with zero attached hydrogens (tertiary/aromatic N) is 2. The first kappa shape index (κ1) is 8.29. The van der Waals surface area contributed by atoms with Crippen molar-refractivity contribution in [3.05, 3.63) is 17.8 Å². The zero-order chi connectivity index (χ0) is 9.42. The molecule has 2 heterocycles. The molecule has 3 nitrogen and oxygen atoms in total. The number of halogens is 1. The van der Waals surface area contributed by atoms with Crippen LogP contribution in [-0.2, 0) is 0 Å². The van der Waals surface area contributed by atoms with Gasteiger partial charge in [0.1, 0.15) is 12.0 Å². The number of nitrogen functional groups attached to an aromatic ring is 1. The molecule has 0 radical (unpaired) electrons. The zero-order valence-corrected chi connectivity index (χ0v) is 7.50. The van der Waals surface area contributed by atoms with Crippen LogP contribution in [0, 0.1) is 6.92 Å². The zero-order valence-electron chi connectivity index (χ0n) is 7.50. The molecule has 0 atom stereocenters. The number of hydrogen-bond donors (Lipinski definition) is 1. The number of rotatable bonds is 1. The first-order chi connectivity index (χ1) is 6.16. The Morgan fingerprint density at radius 3 is 2.77 bits per heavy atom. The number of hydrogen-bond acceptors (Lipinski definition) is 3. The molecular formula is C9H12FN3. The van der Waals surface area contributed by atoms with E-state index in [0.29, 0.717) is 18.8 Å². The first-order valence-corrected chi connectivity index (χ1v) is 4.29. The molecular weight excluding hydrogens is 169 g/mol. The summed E-state index contributed by atoms with van der Waals surface area (Å²) in [6.45, 7) is 2.76. The number of nitrogens with two attached hydrogens (primary N) is 1. The van der Waals surface area contributed by atoms with E-state index in [1.165, 1.54) is 0 Å². The van der Waals surface area contributed by atoms with Crippen LogP contribution in [0.1, 0.15) is 5.69 Å². The van der Waals surface area contributed by atoms with E-state index in [-0.39, 0.29) is 0 Å². The van der Waals surface area contributed by atoms with Gasteiger partial charge in [0.25, 0.3) is 0 Å². The average Bonchev–Trinajstić information content (AvgIpc) is 2.05. The summed E-state index contributed by atoms with van der Waals surface area (Å²) in [6.07, 6.45) is -0.695. The Morgan fingerprint density at radius 1 is 1.54 bits per heavy atom. The predicted octanol–water partition coefficient (Wildman–Crippen LogP) is 1.13. The molecule has 0 amide bonds. The second kappa shape index (κ2) is 2.87. The molecule has 1 saturated heterocycles. The van der Waals surface area contributed by atoms with Gasteiger partial charge in [-0.2, -0.15) is 0 Å². The van der Waals surface area contributed by atoms with Gasteiger partial charge in [-0.25, -0.2) is 9.37 Å². The minimum atomic E-state index is -0.695. The van der Waals surface area contributed by atoms with Crippen molar-refractivity contribution in [1.29, 1.82) is 0 Å². The molecule has 0 spiro atoms. The summed E-state index contributed by atoms with van der Waals surface area (Å²) in [5.74, 6) is 0.820. The molecule has 70 valence electrons. The maximum absolute atomic E-state index is 12.5. The van der Waals surface area contributed by atoms with Gasteiger partial charge in [0, 0.05) is 0 Å². The fourth-order valence-electron chi connectivity index (χ4n) is 1.35. The smallest absolute Gasteiger partial charge is 0.135 e. The Labute approximate surface area is 76.4 Å². The Kier molecular flexibility index (Phi) is 1.83. The molecule has 0 saturated carbocycles. The van der Waals surface area contributed by atoms with Crippen LogP contribution in [0.15, 0.2) is 12.1 Å². The van der Waals surface area contributed by atoms with E-state index in [0.717, 1.165) is 11.5 Å². The molecule has 1 aliphatic heterocycles. The fraction of sp³-hybridized carbons (Fsp3) is 0.444. The summed E-state index contributed by atoms with van der Waals surface area (Å²) in [6, 6.07) is 3.64. The molecule has 2 N–H and O–H groups in total. The third kappa shape index (κ3) is 1.43. The summed E-state index contributed by atoms with van der Waals surface area (Å²) in [7, 11) is 0. The van der Waals surface area contributed by atoms with Crippen molar-refractivity contribution in [3.63, 3.8) is 0 Å². The van der Waals surface area contributed by atoms with Crippen molar-refractivity contribution in [2.24, 2.45) is 0 Å². The van der Waals surface area contributed by atoms with Gasteiger partial charge in [0.2, 0.25) is 0 Å². The Bertz CT molecular complexity index is 321. The van der Waals surface area contributed by atoms with Gasteiger partial charge < -0.3 is 10.6 Å². The summed E-state index contributed by atoms with van der Waals surface area (Å²) in [4.78, 5) is 6.16. The maximum Gasteiger partial charge on any atom is 0.135 e. The molecule has 1 aromatic rings. The van der Waals surface area contributed by atoms with Crippen molar-refractivity contribution >= 4 is 11.5 Å². The molecule has 13 heavy (non-hydrogen) atoms. The summed E-state index contributed by atoms with van der Waals surface area (Å²) >= 11 is 0. The molecule has 2 rings (SSSR count). The van der Waals surface area contributed by atoms with Gasteiger partial charge in [-0.3, -0.25) is 0 Å². The lowest BCUT2D eigenvalue weighted by molar-refractivity contribution is 0.273. The number of pyridine rings is 1. The average molecular weight is 181 g/mol. The van der Waals surface area contributed by atoms with E-state index in [4.69, 9.17) is 5.73 Å². The SMILES string of the molecule is Cc1nc(N2CC(F)C2)ccc1N. The quantitative estimate of drug-likeness (QED) is 0.706. The van der Waals surface area contributed by atoms with Gasteiger partial charge in [0.15, 0.2) is 0 Å². The number of alkyl halides is 1. The van der Waals surface area contributed by atoms with E-state index < -0.39 is 6.17 Å². The number of aromatic nitrogens is 1. The van der Waals surface area contributed by atoms with Crippen molar-refractivity contribution in [1.82, 2.24) is 4.98 Å². The molecule has 0 aliphatic carbocycles. The van der Waals surface area contributed by atoms with Gasteiger partial charge in [-0.05, 0) is 19.1 Å². The van der Waals surface area contributed by atoms with Crippen LogP contribution in [0.5, 0.6) is 0 Å². The van der Waals surface area contributed by atoms with Crippen molar-refractivity contribution in [2.75, 3.05) is 23.7 Å². The Balaban J connectivity index is 2.18. The second-order valence-corrected chi connectivity index (χ2v) is 3.35. The molecule has 1 fully saturated rings. The lowest BCUT2D eigenvalue weighted by Gasteiger charge is -2.35. The molecule has 1 aliphatic rings. The highest BCUT2D eigenvalue weighted by atomic mass is 19.1. The van der Waals surface area contributed by atoms with E-state index in [1.54, 1.807) is 0 Å². The lowest BCUT2D eigenvalue weighted by atomic mass is 10.2. The monoisotopic (exact) mass is 181 g/mol. The van der Waals surface area contributed by atoms with E-state index in [9.17, 15) is 4.39 Å². The highest BCUT2D eigenvalue weighted by Crippen LogP contribution is 2.22. The van der Waals surface area contributed by atoms with Crippen LogP contribution < -0.4 is 10.6 Å². The van der Waals surface area contributed by atoms with E-state index in [1.807, 2.05) is 24.0 Å². The van der Waals surface area contributed by atoms with E-state index >= 15 is 0 Å². The lowest BCUT2D eigenvalue weighted by Crippen LogP contribution is -2.48. The minimum absolute atomic E-state index is 0.455. The largest absolute Gasteiger partial charge is 0.397 e. The highest BCUT2D eigenvalue weighted by molar-refractivity contribution is 5.51. The van der Waals surface area contributed by atoms with Gasteiger partial charge in [-0.1, -0.05) is 0 Å². The highest BCUT2D eigenvalue weighted by Gasteiger charge is 2.27. The predicted molar refractivity (Wildman–Crippen MR) is 50.5 cm³/mol. The van der Waals surface area contributed by atoms with Crippen LogP contribution in [0.25, 0.3) is 0 Å². The van der Waals surface area contributed by atoms with Gasteiger partial charge >= 0.3 is 0 Å². The standard InChI is InChI=1S/C9H12FN3/c1-6-8(11)2-3-9(12-6)13-4-7(10)5-13/h2-3,7H,4-5,11H2,1H3. The Morgan fingerprint density at radius 2 is 2.23 bits per heavy atom. The molecule has 0 unspecified atom stereocenters. The van der Waals surface area contributed by atoms with Crippen LogP contribution in [0.2, 0.25) is 0 Å². The number of anilines is 2. The van der Waals surface area contributed by atoms with Gasteiger partial charge in [0.05, 0.1) is 24.5 Å². The fourth-order valence-corrected chi connectivity index (χ4v) is 1.35. The molecule has 4 heteroatoms. The van der Waals surface area contributed by atoms with Crippen LogP contribution in [0.4, 0.5) is 15.9 Å². The summed E-state index contributed by atoms with van der Waals surface area (Å²) in [5.41, 5.74) is 7.11. The van der Waals surface area contributed by atoms with Crippen LogP contribution in [0.3, 0.4) is 0 Å². The van der Waals surface area contributed by atoms with Crippen molar-refractivity contribution < 1.29 is 4.39 Å². The topological polar surface area (TPSA) is 42.2 Å². The summed E-state index contributed by atoms with van der Waals surface area (Å²) < 4.78 is 12.5. The minimum Gasteiger partial charge on any atom is -0.397 e. The normalized spacial score (nSPS) is 17.2. The molecule has 0 bridgehead atoms. The van der Waals surface area contributed by atoms with Crippen LogP contribution >= 0.6 is 0 Å². The third-order valence-corrected chi connectivity index (χ3v) is 2.27. The van der Waals surface area contributed by atoms with Crippen molar-refractivity contribution in [2.45, 2.75) is 13.1 Å². The molecule has 0 aromatic carbocycles. The van der Waals surface area contributed by atoms with E-state index in [2.05, 4.69) is 4.98 Å². The number of aryl methyl sites for hydroxylation is 1. The van der Waals surface area contributed by atoms with Crippen LogP contribution in [-0.4, -0.2) is 24.2 Å². The van der Waals surface area contributed by atoms with Gasteiger partial charge in [-0.15, -0.1) is 0 Å². The summed E-state index contributed by atoms with van der Waals surface area (Å²) in [5, 5.41) is 0. The third-order valence-electron chi connectivity index (χ3n) is 2.27. The first-order valence-electron chi connectivity index (χ1n) is 4.29. The van der Waals surface area contributed by atoms with Crippen molar-refractivity contribution in [3.8, 4) is 0 Å².